The summed E-state index contributed by atoms with van der Waals surface area (Å²) >= 11 is 7.50. The first-order valence-corrected chi connectivity index (χ1v) is 11.2. The van der Waals surface area contributed by atoms with Gasteiger partial charge in [0.05, 0.1) is 25.7 Å². The van der Waals surface area contributed by atoms with Crippen LogP contribution in [0, 0.1) is 0 Å². The van der Waals surface area contributed by atoms with Crippen molar-refractivity contribution in [1.82, 2.24) is 9.29 Å². The van der Waals surface area contributed by atoms with E-state index in [1.807, 2.05) is 36.4 Å². The molecule has 0 bridgehead atoms. The average Bonchev–Trinajstić information content (AvgIpc) is 3.10. The number of anilines is 1. The number of benzene rings is 3. The van der Waals surface area contributed by atoms with Gasteiger partial charge in [-0.15, -0.1) is 0 Å². The molecule has 4 aromatic rings. The number of amides is 1. The largest absolute Gasteiger partial charge is 0.298 e. The molecule has 1 heterocycles. The Balaban J connectivity index is 1.70. The number of halogens is 1. The highest BCUT2D eigenvalue weighted by molar-refractivity contribution is 7.89. The molecule has 29 heavy (non-hydrogen) atoms. The fourth-order valence-corrected chi connectivity index (χ4v) is 4.94. The number of aromatic nitrogens is 1. The predicted octanol–water partition coefficient (Wildman–Crippen LogP) is 4.61. The van der Waals surface area contributed by atoms with Crippen molar-refractivity contribution in [2.75, 3.05) is 19.4 Å². The summed E-state index contributed by atoms with van der Waals surface area (Å²) in [5.41, 5.74) is 0.872. The first-order valence-electron chi connectivity index (χ1n) is 8.59. The number of sulfonamides is 1. The van der Waals surface area contributed by atoms with E-state index in [0.29, 0.717) is 5.13 Å². The van der Waals surface area contributed by atoms with Gasteiger partial charge in [0.15, 0.2) is 5.13 Å². The van der Waals surface area contributed by atoms with Gasteiger partial charge < -0.3 is 0 Å². The van der Waals surface area contributed by atoms with E-state index in [4.69, 9.17) is 11.6 Å². The van der Waals surface area contributed by atoms with Crippen LogP contribution >= 0.6 is 22.9 Å². The standard InChI is InChI=1S/C20H16ClN3O3S2/c1-24(2)29(26,27)13-8-9-16(21)15(11-13)19(25)23-20-22-18-14-6-4-3-5-12(14)7-10-17(18)28-20/h3-11H,1-2H3,(H,22,23,25). The Morgan fingerprint density at radius 2 is 1.86 bits per heavy atom. The van der Waals surface area contributed by atoms with E-state index in [1.54, 1.807) is 0 Å². The number of carbonyl (C=O) groups is 1. The van der Waals surface area contributed by atoms with Gasteiger partial charge in [0, 0.05) is 19.5 Å². The Morgan fingerprint density at radius 3 is 2.62 bits per heavy atom. The van der Waals surface area contributed by atoms with Crippen LogP contribution in [0.5, 0.6) is 0 Å². The molecule has 0 saturated carbocycles. The molecule has 0 saturated heterocycles. The zero-order valence-electron chi connectivity index (χ0n) is 15.5. The molecule has 0 aliphatic carbocycles. The first kappa shape index (κ1) is 19.8. The van der Waals surface area contributed by atoms with Gasteiger partial charge in [-0.3, -0.25) is 10.1 Å². The topological polar surface area (TPSA) is 79.4 Å². The van der Waals surface area contributed by atoms with Gasteiger partial charge >= 0.3 is 0 Å². The fourth-order valence-electron chi connectivity index (χ4n) is 2.93. The molecule has 0 fully saturated rings. The maximum atomic E-state index is 12.8. The third-order valence-corrected chi connectivity index (χ3v) is 7.54. The lowest BCUT2D eigenvalue weighted by atomic mass is 10.1. The third-order valence-electron chi connectivity index (χ3n) is 4.47. The van der Waals surface area contributed by atoms with Gasteiger partial charge in [-0.1, -0.05) is 53.3 Å². The second-order valence-electron chi connectivity index (χ2n) is 6.54. The van der Waals surface area contributed by atoms with Crippen molar-refractivity contribution in [3.63, 3.8) is 0 Å². The molecule has 148 valence electrons. The summed E-state index contributed by atoms with van der Waals surface area (Å²) in [6.45, 7) is 0. The maximum absolute atomic E-state index is 12.8. The maximum Gasteiger partial charge on any atom is 0.259 e. The summed E-state index contributed by atoms with van der Waals surface area (Å²) < 4.78 is 26.7. The molecule has 0 spiro atoms. The number of nitrogens with zero attached hydrogens (tertiary/aromatic N) is 2. The van der Waals surface area contributed by atoms with Crippen LogP contribution in [0.25, 0.3) is 21.0 Å². The van der Waals surface area contributed by atoms with Gasteiger partial charge in [-0.05, 0) is 29.7 Å². The lowest BCUT2D eigenvalue weighted by Crippen LogP contribution is -2.23. The van der Waals surface area contributed by atoms with E-state index in [1.165, 1.54) is 43.6 Å². The van der Waals surface area contributed by atoms with E-state index in [-0.39, 0.29) is 15.5 Å². The molecule has 1 aromatic heterocycles. The van der Waals surface area contributed by atoms with Crippen molar-refractivity contribution in [2.24, 2.45) is 0 Å². The molecule has 0 aliphatic rings. The molecule has 1 amide bonds. The smallest absolute Gasteiger partial charge is 0.259 e. The van der Waals surface area contributed by atoms with Crippen molar-refractivity contribution in [3.8, 4) is 0 Å². The van der Waals surface area contributed by atoms with Crippen LogP contribution in [0.4, 0.5) is 5.13 Å². The minimum atomic E-state index is -3.69. The van der Waals surface area contributed by atoms with Crippen molar-refractivity contribution in [2.45, 2.75) is 4.90 Å². The summed E-state index contributed by atoms with van der Waals surface area (Å²) in [6, 6.07) is 15.9. The summed E-state index contributed by atoms with van der Waals surface area (Å²) in [4.78, 5) is 17.3. The van der Waals surface area contributed by atoms with Crippen LogP contribution in [-0.4, -0.2) is 37.7 Å². The van der Waals surface area contributed by atoms with Crippen molar-refractivity contribution in [3.05, 3.63) is 65.2 Å². The second-order valence-corrected chi connectivity index (χ2v) is 10.1. The zero-order chi connectivity index (χ0) is 20.8. The highest BCUT2D eigenvalue weighted by Gasteiger charge is 2.21. The minimum absolute atomic E-state index is 0.00709. The monoisotopic (exact) mass is 445 g/mol. The van der Waals surface area contributed by atoms with Gasteiger partial charge in [0.2, 0.25) is 10.0 Å². The van der Waals surface area contributed by atoms with E-state index in [0.717, 1.165) is 25.3 Å². The van der Waals surface area contributed by atoms with E-state index in [9.17, 15) is 13.2 Å². The molecular formula is C20H16ClN3O3S2. The number of hydrogen-bond donors (Lipinski definition) is 1. The van der Waals surface area contributed by atoms with Crippen LogP contribution in [0.3, 0.4) is 0 Å². The lowest BCUT2D eigenvalue weighted by molar-refractivity contribution is 0.102. The van der Waals surface area contributed by atoms with E-state index in [2.05, 4.69) is 10.3 Å². The number of fused-ring (bicyclic) bond motifs is 3. The summed E-state index contributed by atoms with van der Waals surface area (Å²) in [5, 5.41) is 5.37. The molecule has 0 radical (unpaired) electrons. The fraction of sp³-hybridized carbons (Fsp3) is 0.100. The first-order chi connectivity index (χ1) is 13.8. The molecule has 1 N–H and O–H groups in total. The molecule has 0 aliphatic heterocycles. The molecule has 6 nitrogen and oxygen atoms in total. The Morgan fingerprint density at radius 1 is 1.10 bits per heavy atom. The molecule has 0 atom stereocenters. The summed E-state index contributed by atoms with van der Waals surface area (Å²) in [6.07, 6.45) is 0. The highest BCUT2D eigenvalue weighted by Crippen LogP contribution is 2.32. The average molecular weight is 446 g/mol. The van der Waals surface area contributed by atoms with E-state index < -0.39 is 15.9 Å². The number of rotatable bonds is 4. The van der Waals surface area contributed by atoms with Crippen LogP contribution in [-0.2, 0) is 10.0 Å². The van der Waals surface area contributed by atoms with Gasteiger partial charge in [-0.2, -0.15) is 0 Å². The predicted molar refractivity (Wildman–Crippen MR) is 117 cm³/mol. The Kier molecular flexibility index (Phi) is 5.04. The summed E-state index contributed by atoms with van der Waals surface area (Å²) in [5.74, 6) is -0.519. The van der Waals surface area contributed by atoms with Gasteiger partial charge in [-0.25, -0.2) is 17.7 Å². The second kappa shape index (κ2) is 7.38. The van der Waals surface area contributed by atoms with E-state index >= 15 is 0 Å². The normalized spacial score (nSPS) is 12.0. The number of hydrogen-bond acceptors (Lipinski definition) is 5. The van der Waals surface area contributed by atoms with Crippen LogP contribution in [0.2, 0.25) is 5.02 Å². The molecule has 3 aromatic carbocycles. The molecule has 0 unspecified atom stereocenters. The van der Waals surface area contributed by atoms with Crippen molar-refractivity contribution >= 4 is 65.0 Å². The Bertz CT molecular complexity index is 1360. The van der Waals surface area contributed by atoms with Gasteiger partial charge in [0.25, 0.3) is 5.91 Å². The van der Waals surface area contributed by atoms with Crippen LogP contribution in [0.1, 0.15) is 10.4 Å². The molecule has 4 rings (SSSR count). The number of nitrogens with one attached hydrogen (secondary N) is 1. The van der Waals surface area contributed by atoms with Crippen molar-refractivity contribution < 1.29 is 13.2 Å². The van der Waals surface area contributed by atoms with Crippen LogP contribution in [0.15, 0.2) is 59.5 Å². The third kappa shape index (κ3) is 3.60. The lowest BCUT2D eigenvalue weighted by Gasteiger charge is -2.13. The Labute approximate surface area is 176 Å². The number of thiazole rings is 1. The zero-order valence-corrected chi connectivity index (χ0v) is 17.9. The molecule has 9 heteroatoms. The SMILES string of the molecule is CN(C)S(=O)(=O)c1ccc(Cl)c(C(=O)Nc2nc3c(ccc4ccccc43)s2)c1. The summed E-state index contributed by atoms with van der Waals surface area (Å²) in [7, 11) is -0.834. The van der Waals surface area contributed by atoms with Gasteiger partial charge in [0.1, 0.15) is 0 Å². The van der Waals surface area contributed by atoms with Crippen LogP contribution < -0.4 is 5.32 Å². The van der Waals surface area contributed by atoms with Crippen molar-refractivity contribution in [1.29, 1.82) is 0 Å². The quantitative estimate of drug-likeness (QED) is 0.497. The Hall–Kier alpha value is -2.52. The number of carbonyl (C=O) groups excluding carboxylic acids is 1. The minimum Gasteiger partial charge on any atom is -0.298 e. The highest BCUT2D eigenvalue weighted by atomic mass is 35.5. The molecular weight excluding hydrogens is 430 g/mol.